The standard InChI is InChI=1S/C22H25N7O/c1-22(2,24)14-7-8-16(25-11-14)12-9-13(10-12)19-27-20-15-5-4-6-17(30-3)18(15)26-21(23)29(20)28-19/h4-8,11-13H,9-10,24H2,1-3H3,(H2,23,26). The SMILES string of the molecule is COc1cccc2c1nc(N)n1nc(C3CC(c4ccc(C(C)(C)N)cn4)C3)nc21. The van der Waals surface area contributed by atoms with E-state index < -0.39 is 0 Å². The van der Waals surface area contributed by atoms with E-state index in [9.17, 15) is 0 Å². The smallest absolute Gasteiger partial charge is 0.223 e. The number of pyridine rings is 1. The number of hydrogen-bond donors (Lipinski definition) is 2. The minimum absolute atomic E-state index is 0.280. The number of nitrogens with zero attached hydrogens (tertiary/aromatic N) is 5. The fourth-order valence-electron chi connectivity index (χ4n) is 4.08. The molecule has 0 aliphatic heterocycles. The second-order valence-electron chi connectivity index (χ2n) is 8.59. The van der Waals surface area contributed by atoms with Gasteiger partial charge in [0, 0.05) is 34.7 Å². The van der Waals surface area contributed by atoms with Gasteiger partial charge in [0.25, 0.3) is 0 Å². The van der Waals surface area contributed by atoms with Gasteiger partial charge in [0.1, 0.15) is 11.3 Å². The number of benzene rings is 1. The number of ether oxygens (including phenoxy) is 1. The van der Waals surface area contributed by atoms with E-state index in [4.69, 9.17) is 21.2 Å². The first kappa shape index (κ1) is 18.7. The Morgan fingerprint density at radius 1 is 1.10 bits per heavy atom. The fraction of sp³-hybridized carbons (Fsp3) is 0.364. The van der Waals surface area contributed by atoms with E-state index in [1.165, 1.54) is 0 Å². The van der Waals surface area contributed by atoms with E-state index in [1.807, 2.05) is 38.2 Å². The van der Waals surface area contributed by atoms with Crippen LogP contribution in [0.2, 0.25) is 0 Å². The van der Waals surface area contributed by atoms with Crippen LogP contribution < -0.4 is 16.2 Å². The largest absolute Gasteiger partial charge is 0.494 e. The molecule has 30 heavy (non-hydrogen) atoms. The summed E-state index contributed by atoms with van der Waals surface area (Å²) in [7, 11) is 1.62. The predicted molar refractivity (Wildman–Crippen MR) is 115 cm³/mol. The maximum atomic E-state index is 6.16. The molecule has 0 spiro atoms. The summed E-state index contributed by atoms with van der Waals surface area (Å²) in [5, 5.41) is 5.53. The van der Waals surface area contributed by atoms with Gasteiger partial charge in [-0.1, -0.05) is 12.1 Å². The van der Waals surface area contributed by atoms with Gasteiger partial charge >= 0.3 is 0 Å². The van der Waals surface area contributed by atoms with Gasteiger partial charge in [-0.3, -0.25) is 4.98 Å². The normalized spacial score (nSPS) is 19.2. The number of nitrogen functional groups attached to an aromatic ring is 1. The first-order valence-electron chi connectivity index (χ1n) is 10.1. The molecule has 0 radical (unpaired) electrons. The number of fused-ring (bicyclic) bond motifs is 3. The molecule has 0 amide bonds. The molecule has 5 rings (SSSR count). The number of nitrogens with two attached hydrogens (primary N) is 2. The molecule has 0 atom stereocenters. The lowest BCUT2D eigenvalue weighted by molar-refractivity contribution is 0.332. The van der Waals surface area contributed by atoms with Crippen molar-refractivity contribution in [1.82, 2.24) is 24.6 Å². The van der Waals surface area contributed by atoms with E-state index in [0.717, 1.165) is 35.3 Å². The third-order valence-corrected chi connectivity index (χ3v) is 5.98. The summed E-state index contributed by atoms with van der Waals surface area (Å²) in [6.07, 6.45) is 3.81. The third kappa shape index (κ3) is 2.95. The molecule has 0 saturated heterocycles. The van der Waals surface area contributed by atoms with Crippen LogP contribution in [-0.4, -0.2) is 31.7 Å². The van der Waals surface area contributed by atoms with Crippen LogP contribution in [0.25, 0.3) is 16.6 Å². The van der Waals surface area contributed by atoms with Crippen molar-refractivity contribution in [2.45, 2.75) is 44.1 Å². The Morgan fingerprint density at radius 3 is 2.57 bits per heavy atom. The van der Waals surface area contributed by atoms with Crippen LogP contribution in [0.3, 0.4) is 0 Å². The Bertz CT molecular complexity index is 1230. The van der Waals surface area contributed by atoms with Crippen molar-refractivity contribution in [1.29, 1.82) is 0 Å². The van der Waals surface area contributed by atoms with Gasteiger partial charge in [0.15, 0.2) is 11.5 Å². The average molecular weight is 403 g/mol. The zero-order valence-electron chi connectivity index (χ0n) is 17.3. The average Bonchev–Trinajstić information content (AvgIpc) is 3.12. The van der Waals surface area contributed by atoms with Crippen molar-refractivity contribution in [3.8, 4) is 5.75 Å². The Labute approximate surface area is 174 Å². The molecule has 1 saturated carbocycles. The molecule has 4 N–H and O–H groups in total. The van der Waals surface area contributed by atoms with Gasteiger partial charge in [0.2, 0.25) is 5.95 Å². The van der Waals surface area contributed by atoms with E-state index in [0.29, 0.717) is 28.8 Å². The molecule has 1 aromatic carbocycles. The lowest BCUT2D eigenvalue weighted by Gasteiger charge is -2.33. The van der Waals surface area contributed by atoms with E-state index in [2.05, 4.69) is 27.2 Å². The molecular formula is C22H25N7O. The number of aromatic nitrogens is 5. The second kappa shape index (κ2) is 6.63. The number of rotatable bonds is 4. The van der Waals surface area contributed by atoms with Gasteiger partial charge in [0.05, 0.1) is 7.11 Å². The van der Waals surface area contributed by atoms with Crippen molar-refractivity contribution in [2.24, 2.45) is 5.73 Å². The molecule has 0 bridgehead atoms. The molecule has 8 nitrogen and oxygen atoms in total. The van der Waals surface area contributed by atoms with Crippen LogP contribution in [0.15, 0.2) is 36.5 Å². The van der Waals surface area contributed by atoms with E-state index in [-0.39, 0.29) is 11.5 Å². The molecule has 0 unspecified atom stereocenters. The van der Waals surface area contributed by atoms with Gasteiger partial charge in [-0.2, -0.15) is 4.52 Å². The summed E-state index contributed by atoms with van der Waals surface area (Å²) in [5.74, 6) is 2.46. The Hall–Kier alpha value is -3.26. The van der Waals surface area contributed by atoms with Crippen LogP contribution in [0.1, 0.15) is 55.6 Å². The lowest BCUT2D eigenvalue weighted by Crippen LogP contribution is -2.29. The van der Waals surface area contributed by atoms with Gasteiger partial charge < -0.3 is 16.2 Å². The Kier molecular flexibility index (Phi) is 4.14. The highest BCUT2D eigenvalue weighted by atomic mass is 16.5. The highest BCUT2D eigenvalue weighted by Gasteiger charge is 2.35. The van der Waals surface area contributed by atoms with Gasteiger partial charge in [-0.05, 0) is 50.5 Å². The van der Waals surface area contributed by atoms with Crippen LogP contribution in [0.5, 0.6) is 5.75 Å². The fourth-order valence-corrected chi connectivity index (χ4v) is 4.08. The molecule has 154 valence electrons. The summed E-state index contributed by atoms with van der Waals surface area (Å²) in [6.45, 7) is 3.97. The number of methoxy groups -OCH3 is 1. The van der Waals surface area contributed by atoms with Crippen LogP contribution in [-0.2, 0) is 5.54 Å². The zero-order valence-corrected chi connectivity index (χ0v) is 17.3. The number of para-hydroxylation sites is 1. The van der Waals surface area contributed by atoms with Crippen molar-refractivity contribution in [3.63, 3.8) is 0 Å². The van der Waals surface area contributed by atoms with Crippen molar-refractivity contribution in [2.75, 3.05) is 12.8 Å². The van der Waals surface area contributed by atoms with Gasteiger partial charge in [-0.25, -0.2) is 9.97 Å². The second-order valence-corrected chi connectivity index (χ2v) is 8.59. The highest BCUT2D eigenvalue weighted by molar-refractivity contribution is 5.95. The Morgan fingerprint density at radius 2 is 1.90 bits per heavy atom. The van der Waals surface area contributed by atoms with E-state index >= 15 is 0 Å². The molecule has 3 aromatic heterocycles. The summed E-state index contributed by atoms with van der Waals surface area (Å²) in [5.41, 5.74) is 15.5. The van der Waals surface area contributed by atoms with Crippen molar-refractivity contribution >= 4 is 22.5 Å². The number of hydrogen-bond acceptors (Lipinski definition) is 7. The summed E-state index contributed by atoms with van der Waals surface area (Å²) < 4.78 is 7.05. The first-order chi connectivity index (χ1) is 14.3. The summed E-state index contributed by atoms with van der Waals surface area (Å²) in [6, 6.07) is 9.91. The Balaban J connectivity index is 1.42. The van der Waals surface area contributed by atoms with E-state index in [1.54, 1.807) is 11.6 Å². The third-order valence-electron chi connectivity index (χ3n) is 5.98. The minimum Gasteiger partial charge on any atom is -0.494 e. The summed E-state index contributed by atoms with van der Waals surface area (Å²) >= 11 is 0. The van der Waals surface area contributed by atoms with Gasteiger partial charge in [-0.15, -0.1) is 5.10 Å². The molecule has 3 heterocycles. The molecule has 8 heteroatoms. The first-order valence-corrected chi connectivity index (χ1v) is 10.1. The summed E-state index contributed by atoms with van der Waals surface area (Å²) in [4.78, 5) is 13.9. The lowest BCUT2D eigenvalue weighted by atomic mass is 9.72. The minimum atomic E-state index is -0.381. The molecule has 1 aliphatic rings. The number of anilines is 1. The molecular weight excluding hydrogens is 378 g/mol. The van der Waals surface area contributed by atoms with Crippen molar-refractivity contribution in [3.05, 3.63) is 53.6 Å². The van der Waals surface area contributed by atoms with Crippen LogP contribution in [0, 0.1) is 0 Å². The maximum Gasteiger partial charge on any atom is 0.223 e. The van der Waals surface area contributed by atoms with Crippen LogP contribution >= 0.6 is 0 Å². The highest BCUT2D eigenvalue weighted by Crippen LogP contribution is 2.46. The zero-order chi connectivity index (χ0) is 21.0. The molecule has 1 fully saturated rings. The maximum absolute atomic E-state index is 6.16. The molecule has 1 aliphatic carbocycles. The van der Waals surface area contributed by atoms with Crippen LogP contribution in [0.4, 0.5) is 5.95 Å². The van der Waals surface area contributed by atoms with Crippen molar-refractivity contribution < 1.29 is 4.74 Å². The predicted octanol–water partition coefficient (Wildman–Crippen LogP) is 3.12. The monoisotopic (exact) mass is 403 g/mol. The topological polar surface area (TPSA) is 117 Å². The molecule has 4 aromatic rings. The quantitative estimate of drug-likeness (QED) is 0.537.